The van der Waals surface area contributed by atoms with Crippen LogP contribution in [0, 0.1) is 35.0 Å². The molecule has 5 saturated carbocycles. The van der Waals surface area contributed by atoms with Gasteiger partial charge in [-0.25, -0.2) is 4.79 Å². The van der Waals surface area contributed by atoms with Gasteiger partial charge in [-0.1, -0.05) is 25.1 Å². The summed E-state index contributed by atoms with van der Waals surface area (Å²) < 4.78 is 18.4. The predicted molar refractivity (Wildman–Crippen MR) is 131 cm³/mol. The van der Waals surface area contributed by atoms with Gasteiger partial charge in [0.05, 0.1) is 23.4 Å². The van der Waals surface area contributed by atoms with Crippen LogP contribution < -0.4 is 0 Å². The van der Waals surface area contributed by atoms with E-state index < -0.39 is 29.4 Å². The monoisotopic (exact) mass is 497 g/mol. The van der Waals surface area contributed by atoms with Crippen molar-refractivity contribution in [1.82, 2.24) is 4.90 Å². The van der Waals surface area contributed by atoms with Crippen LogP contribution in [0.25, 0.3) is 0 Å². The molecule has 1 aromatic carbocycles. The number of nitrogens with zero attached hydrogens (tertiary/aromatic N) is 1. The molecule has 7 heteroatoms. The van der Waals surface area contributed by atoms with Crippen molar-refractivity contribution < 1.29 is 29.2 Å². The second-order valence-electron chi connectivity index (χ2n) is 12.5. The first-order chi connectivity index (χ1) is 17.3. The fourth-order valence-electron chi connectivity index (χ4n) is 10.8. The number of benzene rings is 1. The SMILES string of the molecule is CCN1C[C@H]2CC[C@H](OC)[C@@]34[C@@H]2C[C@@H]([C@@H]13)[C@]1(O)C[C@H](OC)[C@]2(O)C[C@@H]4[C@@H]1[C@H]2OC(=O)c1ccccc1. The molecule has 12 atom stereocenters. The van der Waals surface area contributed by atoms with Crippen LogP contribution in [0.2, 0.25) is 0 Å². The smallest absolute Gasteiger partial charge is 0.338 e. The Morgan fingerprint density at radius 1 is 1.00 bits per heavy atom. The number of methoxy groups -OCH3 is 2. The van der Waals surface area contributed by atoms with Gasteiger partial charge >= 0.3 is 5.97 Å². The Labute approximate surface area is 213 Å². The number of ether oxygens (including phenoxy) is 3. The summed E-state index contributed by atoms with van der Waals surface area (Å²) in [7, 11) is 3.44. The number of likely N-dealkylation sites (tertiary alicyclic amines) is 1. The van der Waals surface area contributed by atoms with Crippen LogP contribution in [-0.2, 0) is 14.2 Å². The quantitative estimate of drug-likeness (QED) is 0.605. The standard InChI is InChI=1S/C29H39NO6/c1-4-30-15-17-10-11-21(34-2)29-18(17)12-19(24(29)30)27(32)14-22(35-3)28(33)13-20(29)23(27)25(28)36-26(31)16-8-6-5-7-9-16/h5-9,17-25,32-33H,4,10-15H2,1-3H3/t17-,18-,19+,20-,21+,22+,23-,24-,25-,27-,28-,29+/m1/s1. The molecule has 1 saturated heterocycles. The number of rotatable bonds is 5. The molecular formula is C29H39NO6. The van der Waals surface area contributed by atoms with Gasteiger partial charge in [0.15, 0.2) is 0 Å². The van der Waals surface area contributed by atoms with Crippen molar-refractivity contribution in [2.45, 2.75) is 74.6 Å². The Balaban J connectivity index is 1.39. The van der Waals surface area contributed by atoms with E-state index in [1.165, 1.54) is 0 Å². The molecule has 7 nitrogen and oxygen atoms in total. The maximum atomic E-state index is 13.3. The number of carbonyl (C=O) groups excluding carboxylic acids is 1. The lowest BCUT2D eigenvalue weighted by molar-refractivity contribution is -0.271. The lowest BCUT2D eigenvalue weighted by Crippen LogP contribution is -2.75. The zero-order valence-corrected chi connectivity index (χ0v) is 21.5. The topological polar surface area (TPSA) is 88.5 Å². The molecule has 0 aromatic heterocycles. The van der Waals surface area contributed by atoms with Gasteiger partial charge in [-0.3, -0.25) is 4.90 Å². The summed E-state index contributed by atoms with van der Waals surface area (Å²) in [6, 6.07) is 9.17. The first-order valence-corrected chi connectivity index (χ1v) is 13.8. The first kappa shape index (κ1) is 23.6. The van der Waals surface area contributed by atoms with Crippen LogP contribution in [0.5, 0.6) is 0 Å². The first-order valence-electron chi connectivity index (χ1n) is 13.8. The summed E-state index contributed by atoms with van der Waals surface area (Å²) in [4.78, 5) is 15.9. The van der Waals surface area contributed by atoms with E-state index in [4.69, 9.17) is 14.2 Å². The van der Waals surface area contributed by atoms with Gasteiger partial charge in [0.2, 0.25) is 0 Å². The number of aliphatic hydroxyl groups is 2. The zero-order chi connectivity index (χ0) is 25.0. The second-order valence-corrected chi connectivity index (χ2v) is 12.5. The highest BCUT2D eigenvalue weighted by molar-refractivity contribution is 5.89. The van der Waals surface area contributed by atoms with Crippen molar-refractivity contribution in [2.75, 3.05) is 27.3 Å². The van der Waals surface area contributed by atoms with Crippen LogP contribution in [0.1, 0.15) is 49.4 Å². The fourth-order valence-corrected chi connectivity index (χ4v) is 10.8. The Morgan fingerprint density at radius 2 is 1.75 bits per heavy atom. The van der Waals surface area contributed by atoms with Crippen molar-refractivity contribution in [3.63, 3.8) is 0 Å². The zero-order valence-electron chi connectivity index (χ0n) is 21.5. The minimum absolute atomic E-state index is 0.00271. The van der Waals surface area contributed by atoms with Gasteiger partial charge in [0.25, 0.3) is 0 Å². The van der Waals surface area contributed by atoms with Gasteiger partial charge in [-0.15, -0.1) is 0 Å². The summed E-state index contributed by atoms with van der Waals surface area (Å²) in [6.45, 7) is 4.25. The minimum Gasteiger partial charge on any atom is -0.455 e. The van der Waals surface area contributed by atoms with Crippen LogP contribution in [-0.4, -0.2) is 83.9 Å². The van der Waals surface area contributed by atoms with E-state index in [0.717, 1.165) is 32.4 Å². The van der Waals surface area contributed by atoms with Gasteiger partial charge in [0, 0.05) is 50.5 Å². The van der Waals surface area contributed by atoms with Crippen LogP contribution in [0.4, 0.5) is 0 Å². The molecule has 1 aliphatic heterocycles. The summed E-state index contributed by atoms with van der Waals surface area (Å²) in [5.74, 6) is 0.301. The van der Waals surface area contributed by atoms with Crippen LogP contribution >= 0.6 is 0 Å². The molecule has 5 aliphatic carbocycles. The third-order valence-electron chi connectivity index (χ3n) is 11.8. The molecule has 196 valence electrons. The largest absolute Gasteiger partial charge is 0.455 e. The Bertz CT molecular complexity index is 1050. The van der Waals surface area contributed by atoms with Gasteiger partial charge in [-0.2, -0.15) is 0 Å². The van der Waals surface area contributed by atoms with E-state index in [1.807, 2.05) is 25.3 Å². The molecule has 7 rings (SSSR count). The van der Waals surface area contributed by atoms with E-state index in [1.54, 1.807) is 19.2 Å². The highest BCUT2D eigenvalue weighted by atomic mass is 16.6. The van der Waals surface area contributed by atoms with E-state index in [9.17, 15) is 15.0 Å². The average molecular weight is 498 g/mol. The third-order valence-corrected chi connectivity index (χ3v) is 11.8. The lowest BCUT2D eigenvalue weighted by atomic mass is 9.46. The summed E-state index contributed by atoms with van der Waals surface area (Å²) in [6.07, 6.45) is 2.65. The second kappa shape index (κ2) is 7.76. The molecule has 6 fully saturated rings. The number of hydrogen-bond acceptors (Lipinski definition) is 7. The molecule has 1 aromatic rings. The Morgan fingerprint density at radius 3 is 2.44 bits per heavy atom. The molecule has 36 heavy (non-hydrogen) atoms. The molecule has 1 spiro atoms. The summed E-state index contributed by atoms with van der Waals surface area (Å²) in [5, 5.41) is 25.0. The molecule has 0 unspecified atom stereocenters. The molecular weight excluding hydrogens is 458 g/mol. The normalized spacial score (nSPS) is 52.3. The van der Waals surface area contributed by atoms with Crippen molar-refractivity contribution in [3.05, 3.63) is 35.9 Å². The Kier molecular flexibility index (Phi) is 5.09. The van der Waals surface area contributed by atoms with Gasteiger partial charge in [0.1, 0.15) is 11.7 Å². The van der Waals surface area contributed by atoms with Crippen molar-refractivity contribution in [1.29, 1.82) is 0 Å². The molecule has 2 N–H and O–H groups in total. The number of fused-ring (bicyclic) bond motifs is 2. The van der Waals surface area contributed by atoms with Gasteiger partial charge in [-0.05, 0) is 62.1 Å². The minimum atomic E-state index is -1.34. The summed E-state index contributed by atoms with van der Waals surface area (Å²) in [5.41, 5.74) is -2.10. The predicted octanol–water partition coefficient (Wildman–Crippen LogP) is 2.49. The Hall–Kier alpha value is -1.51. The number of hydrogen-bond donors (Lipinski definition) is 2. The highest BCUT2D eigenvalue weighted by Crippen LogP contribution is 2.77. The molecule has 1 heterocycles. The van der Waals surface area contributed by atoms with Crippen molar-refractivity contribution in [3.8, 4) is 0 Å². The van der Waals surface area contributed by atoms with E-state index >= 15 is 0 Å². The summed E-state index contributed by atoms with van der Waals surface area (Å²) >= 11 is 0. The van der Waals surface area contributed by atoms with Crippen molar-refractivity contribution >= 4 is 5.97 Å². The number of esters is 1. The van der Waals surface area contributed by atoms with E-state index in [0.29, 0.717) is 30.2 Å². The van der Waals surface area contributed by atoms with E-state index in [-0.39, 0.29) is 35.3 Å². The molecule has 7 bridgehead atoms. The van der Waals surface area contributed by atoms with E-state index in [2.05, 4.69) is 11.8 Å². The van der Waals surface area contributed by atoms with Crippen LogP contribution in [0.3, 0.4) is 0 Å². The molecule has 0 amide bonds. The van der Waals surface area contributed by atoms with Crippen molar-refractivity contribution in [2.24, 2.45) is 35.0 Å². The highest BCUT2D eigenvalue weighted by Gasteiger charge is 2.84. The average Bonchev–Trinajstić information content (AvgIpc) is 3.27. The maximum absolute atomic E-state index is 13.3. The maximum Gasteiger partial charge on any atom is 0.338 e. The third kappa shape index (κ3) is 2.59. The van der Waals surface area contributed by atoms with Crippen LogP contribution in [0.15, 0.2) is 30.3 Å². The van der Waals surface area contributed by atoms with Gasteiger partial charge < -0.3 is 24.4 Å². The molecule has 0 radical (unpaired) electrons. The number of carbonyl (C=O) groups is 1. The number of piperidine rings is 1. The fraction of sp³-hybridized carbons (Fsp3) is 0.759. The lowest BCUT2D eigenvalue weighted by Gasteiger charge is -2.67. The molecule has 6 aliphatic rings.